The summed E-state index contributed by atoms with van der Waals surface area (Å²) in [5.74, 6) is 0. The molecule has 1 aliphatic carbocycles. The molecule has 1 aromatic carbocycles. The number of hydrogen-bond donors (Lipinski definition) is 2. The molecule has 94 valence electrons. The van der Waals surface area contributed by atoms with Crippen LogP contribution in [0.15, 0.2) is 24.3 Å². The average molecular weight is 232 g/mol. The molecule has 2 nitrogen and oxygen atoms in total. The summed E-state index contributed by atoms with van der Waals surface area (Å²) in [6.45, 7) is 2.28. The second-order valence-corrected chi connectivity index (χ2v) is 5.35. The Morgan fingerprint density at radius 3 is 2.47 bits per heavy atom. The molecule has 0 bridgehead atoms. The van der Waals surface area contributed by atoms with E-state index in [9.17, 15) is 0 Å². The SMILES string of the molecule is CC(Cc1ccc(N)cc1)NC1CCCCC1. The van der Waals surface area contributed by atoms with Crippen molar-refractivity contribution in [2.75, 3.05) is 5.73 Å². The second kappa shape index (κ2) is 6.06. The fourth-order valence-corrected chi connectivity index (χ4v) is 2.74. The van der Waals surface area contributed by atoms with E-state index in [4.69, 9.17) is 5.73 Å². The minimum Gasteiger partial charge on any atom is -0.399 e. The summed E-state index contributed by atoms with van der Waals surface area (Å²) >= 11 is 0. The molecule has 1 aromatic rings. The summed E-state index contributed by atoms with van der Waals surface area (Å²) in [6, 6.07) is 9.54. The number of nitrogens with one attached hydrogen (secondary N) is 1. The van der Waals surface area contributed by atoms with Gasteiger partial charge in [-0.1, -0.05) is 31.4 Å². The molecule has 0 aliphatic heterocycles. The smallest absolute Gasteiger partial charge is 0.0314 e. The Balaban J connectivity index is 1.79. The molecule has 0 saturated heterocycles. The third-order valence-corrected chi connectivity index (χ3v) is 3.65. The van der Waals surface area contributed by atoms with Crippen LogP contribution < -0.4 is 11.1 Å². The standard InChI is InChI=1S/C15H24N2/c1-12(17-15-5-3-2-4-6-15)11-13-7-9-14(16)10-8-13/h7-10,12,15,17H,2-6,11,16H2,1H3. The molecule has 1 unspecified atom stereocenters. The van der Waals surface area contributed by atoms with Gasteiger partial charge in [0.15, 0.2) is 0 Å². The van der Waals surface area contributed by atoms with Gasteiger partial charge in [0.25, 0.3) is 0 Å². The number of nitrogen functional groups attached to an aromatic ring is 1. The lowest BCUT2D eigenvalue weighted by atomic mass is 9.94. The minimum atomic E-state index is 0.557. The van der Waals surface area contributed by atoms with Crippen molar-refractivity contribution in [1.29, 1.82) is 0 Å². The van der Waals surface area contributed by atoms with Crippen LogP contribution >= 0.6 is 0 Å². The molecule has 1 atom stereocenters. The van der Waals surface area contributed by atoms with Gasteiger partial charge in [-0.2, -0.15) is 0 Å². The highest BCUT2D eigenvalue weighted by Gasteiger charge is 2.15. The molecule has 3 N–H and O–H groups in total. The summed E-state index contributed by atoms with van der Waals surface area (Å²) in [7, 11) is 0. The van der Waals surface area contributed by atoms with Crippen LogP contribution in [0, 0.1) is 0 Å². The Hall–Kier alpha value is -1.02. The fourth-order valence-electron chi connectivity index (χ4n) is 2.74. The van der Waals surface area contributed by atoms with Gasteiger partial charge in [-0.25, -0.2) is 0 Å². The summed E-state index contributed by atoms with van der Waals surface area (Å²) in [5, 5.41) is 3.75. The van der Waals surface area contributed by atoms with Gasteiger partial charge in [-0.15, -0.1) is 0 Å². The third-order valence-electron chi connectivity index (χ3n) is 3.65. The van der Waals surface area contributed by atoms with Gasteiger partial charge in [0.05, 0.1) is 0 Å². The van der Waals surface area contributed by atoms with Gasteiger partial charge in [0, 0.05) is 17.8 Å². The van der Waals surface area contributed by atoms with E-state index in [0.29, 0.717) is 6.04 Å². The molecule has 0 spiro atoms. The molecule has 17 heavy (non-hydrogen) atoms. The van der Waals surface area contributed by atoms with Crippen molar-refractivity contribution >= 4 is 5.69 Å². The van der Waals surface area contributed by atoms with Crippen molar-refractivity contribution in [1.82, 2.24) is 5.32 Å². The molecule has 2 heteroatoms. The highest BCUT2D eigenvalue weighted by molar-refractivity contribution is 5.39. The van der Waals surface area contributed by atoms with Crippen LogP contribution in [-0.2, 0) is 6.42 Å². The van der Waals surface area contributed by atoms with Crippen molar-refractivity contribution < 1.29 is 0 Å². The minimum absolute atomic E-state index is 0.557. The topological polar surface area (TPSA) is 38.0 Å². The van der Waals surface area contributed by atoms with Crippen molar-refractivity contribution in [3.8, 4) is 0 Å². The van der Waals surface area contributed by atoms with E-state index >= 15 is 0 Å². The number of nitrogens with two attached hydrogens (primary N) is 1. The average Bonchev–Trinajstić information content (AvgIpc) is 2.33. The zero-order valence-corrected chi connectivity index (χ0v) is 10.8. The molecule has 1 fully saturated rings. The van der Waals surface area contributed by atoms with Crippen LogP contribution in [0.3, 0.4) is 0 Å². The van der Waals surface area contributed by atoms with E-state index in [0.717, 1.165) is 18.2 Å². The fraction of sp³-hybridized carbons (Fsp3) is 0.600. The Kier molecular flexibility index (Phi) is 4.43. The van der Waals surface area contributed by atoms with Crippen molar-refractivity contribution in [3.63, 3.8) is 0 Å². The van der Waals surface area contributed by atoms with Crippen LogP contribution in [-0.4, -0.2) is 12.1 Å². The van der Waals surface area contributed by atoms with Gasteiger partial charge in [0.2, 0.25) is 0 Å². The Morgan fingerprint density at radius 1 is 1.18 bits per heavy atom. The van der Waals surface area contributed by atoms with Crippen LogP contribution in [0.1, 0.15) is 44.6 Å². The first-order chi connectivity index (χ1) is 8.24. The van der Waals surface area contributed by atoms with E-state index in [-0.39, 0.29) is 0 Å². The van der Waals surface area contributed by atoms with Gasteiger partial charge >= 0.3 is 0 Å². The zero-order valence-electron chi connectivity index (χ0n) is 10.8. The summed E-state index contributed by atoms with van der Waals surface area (Å²) in [4.78, 5) is 0. The summed E-state index contributed by atoms with van der Waals surface area (Å²) in [6.07, 6.45) is 8.01. The first kappa shape index (κ1) is 12.4. The second-order valence-electron chi connectivity index (χ2n) is 5.35. The first-order valence-electron chi connectivity index (χ1n) is 6.84. The molecule has 1 saturated carbocycles. The number of anilines is 1. The quantitative estimate of drug-likeness (QED) is 0.783. The number of hydrogen-bond acceptors (Lipinski definition) is 2. The summed E-state index contributed by atoms with van der Waals surface area (Å²) in [5.41, 5.74) is 7.91. The first-order valence-corrected chi connectivity index (χ1v) is 6.84. The van der Waals surface area contributed by atoms with Crippen LogP contribution in [0.4, 0.5) is 5.69 Å². The van der Waals surface area contributed by atoms with Crippen LogP contribution in [0.25, 0.3) is 0 Å². The lowest BCUT2D eigenvalue weighted by Crippen LogP contribution is -2.38. The Labute approximate surface area is 105 Å². The summed E-state index contributed by atoms with van der Waals surface area (Å²) < 4.78 is 0. The molecule has 0 aromatic heterocycles. The Bertz CT molecular complexity index is 325. The normalized spacial score (nSPS) is 19.1. The van der Waals surface area contributed by atoms with E-state index in [1.165, 1.54) is 37.7 Å². The van der Waals surface area contributed by atoms with E-state index in [1.54, 1.807) is 0 Å². The van der Waals surface area contributed by atoms with Gasteiger partial charge in [-0.3, -0.25) is 0 Å². The molecule has 0 heterocycles. The van der Waals surface area contributed by atoms with Gasteiger partial charge < -0.3 is 11.1 Å². The molecular weight excluding hydrogens is 208 g/mol. The predicted molar refractivity (Wildman–Crippen MR) is 74.0 cm³/mol. The molecular formula is C15H24N2. The van der Waals surface area contributed by atoms with E-state index < -0.39 is 0 Å². The maximum absolute atomic E-state index is 5.69. The molecule has 0 amide bonds. The monoisotopic (exact) mass is 232 g/mol. The maximum Gasteiger partial charge on any atom is 0.0314 e. The Morgan fingerprint density at radius 2 is 1.82 bits per heavy atom. The van der Waals surface area contributed by atoms with E-state index in [1.807, 2.05) is 12.1 Å². The number of rotatable bonds is 4. The largest absolute Gasteiger partial charge is 0.399 e. The maximum atomic E-state index is 5.69. The molecule has 2 rings (SSSR count). The van der Waals surface area contributed by atoms with Crippen LogP contribution in [0.2, 0.25) is 0 Å². The van der Waals surface area contributed by atoms with Crippen molar-refractivity contribution in [2.45, 2.75) is 57.5 Å². The third kappa shape index (κ3) is 4.04. The highest BCUT2D eigenvalue weighted by Crippen LogP contribution is 2.18. The molecule has 0 radical (unpaired) electrons. The van der Waals surface area contributed by atoms with E-state index in [2.05, 4.69) is 24.4 Å². The lowest BCUT2D eigenvalue weighted by molar-refractivity contribution is 0.343. The number of benzene rings is 1. The van der Waals surface area contributed by atoms with Crippen LogP contribution in [0.5, 0.6) is 0 Å². The highest BCUT2D eigenvalue weighted by atomic mass is 14.9. The zero-order chi connectivity index (χ0) is 12.1. The van der Waals surface area contributed by atoms with Gasteiger partial charge in [-0.05, 0) is 43.9 Å². The predicted octanol–water partition coefficient (Wildman–Crippen LogP) is 3.12. The van der Waals surface area contributed by atoms with Crippen molar-refractivity contribution in [2.24, 2.45) is 0 Å². The molecule has 1 aliphatic rings. The van der Waals surface area contributed by atoms with Gasteiger partial charge in [0.1, 0.15) is 0 Å². The van der Waals surface area contributed by atoms with Crippen molar-refractivity contribution in [3.05, 3.63) is 29.8 Å². The lowest BCUT2D eigenvalue weighted by Gasteiger charge is -2.26.